The van der Waals surface area contributed by atoms with Gasteiger partial charge in [-0.15, -0.1) is 0 Å². The molecule has 3 fully saturated rings. The Labute approximate surface area is 167 Å². The molecule has 0 aromatic heterocycles. The van der Waals surface area contributed by atoms with Gasteiger partial charge in [-0.1, -0.05) is 12.1 Å². The summed E-state index contributed by atoms with van der Waals surface area (Å²) in [6.45, 7) is 0.415. The number of ketones is 1. The Balaban J connectivity index is 1.29. The Bertz CT molecular complexity index is 882. The van der Waals surface area contributed by atoms with Gasteiger partial charge in [0.05, 0.1) is 11.8 Å². The van der Waals surface area contributed by atoms with E-state index >= 15 is 0 Å². The first-order chi connectivity index (χ1) is 13.8. The van der Waals surface area contributed by atoms with Gasteiger partial charge >= 0.3 is 5.97 Å². The number of ether oxygens (including phenoxy) is 1. The molecular weight excluding hydrogens is 376 g/mol. The number of carbonyl (C=O) groups excluding carboxylic acids is 5. The molecule has 2 bridgehead atoms. The summed E-state index contributed by atoms with van der Waals surface area (Å²) in [5, 5.41) is 2.54. The quantitative estimate of drug-likeness (QED) is 0.441. The summed E-state index contributed by atoms with van der Waals surface area (Å²) >= 11 is 0. The van der Waals surface area contributed by atoms with Crippen molar-refractivity contribution >= 4 is 35.2 Å². The number of nitrogens with zero attached hydrogens (tertiary/aromatic N) is 1. The highest BCUT2D eigenvalue weighted by molar-refractivity contribution is 6.08. The molecule has 1 heterocycles. The van der Waals surface area contributed by atoms with E-state index in [0.717, 1.165) is 24.2 Å². The molecule has 29 heavy (non-hydrogen) atoms. The van der Waals surface area contributed by atoms with Gasteiger partial charge in [0, 0.05) is 11.3 Å². The molecule has 1 aromatic carbocycles. The van der Waals surface area contributed by atoms with Crippen molar-refractivity contribution < 1.29 is 28.7 Å². The summed E-state index contributed by atoms with van der Waals surface area (Å²) in [7, 11) is 0. The van der Waals surface area contributed by atoms with Crippen LogP contribution in [0, 0.1) is 23.7 Å². The molecule has 0 unspecified atom stereocenters. The number of likely N-dealkylation sites (tertiary alicyclic amines) is 1. The maximum atomic E-state index is 12.6. The average molecular weight is 398 g/mol. The number of hydrogen-bond donors (Lipinski definition) is 1. The second kappa shape index (κ2) is 7.42. The van der Waals surface area contributed by atoms with Crippen molar-refractivity contribution in [3.63, 3.8) is 0 Å². The van der Waals surface area contributed by atoms with Gasteiger partial charge in [0.25, 0.3) is 5.91 Å². The number of anilines is 1. The predicted molar refractivity (Wildman–Crippen MR) is 101 cm³/mol. The number of nitrogens with one attached hydrogen (secondary N) is 1. The van der Waals surface area contributed by atoms with Crippen molar-refractivity contribution in [3.05, 3.63) is 29.8 Å². The first kappa shape index (κ1) is 19.3. The molecule has 1 aliphatic heterocycles. The molecule has 3 aliphatic rings. The second-order valence-corrected chi connectivity index (χ2v) is 7.99. The zero-order valence-electron chi connectivity index (χ0n) is 16.1. The number of carbonyl (C=O) groups is 5. The van der Waals surface area contributed by atoms with E-state index in [4.69, 9.17) is 4.74 Å². The van der Waals surface area contributed by atoms with Crippen LogP contribution in [0.5, 0.6) is 0 Å². The van der Waals surface area contributed by atoms with Gasteiger partial charge in [0.1, 0.15) is 6.54 Å². The minimum Gasteiger partial charge on any atom is -0.454 e. The SMILES string of the molecule is CC(=O)c1cccc(NC(=O)COC(=O)CN2C(=O)[C@H]3[C@@H]4CC[C@@H](C4)[C@@H]3C2=O)c1. The van der Waals surface area contributed by atoms with E-state index in [9.17, 15) is 24.0 Å². The van der Waals surface area contributed by atoms with Crippen LogP contribution >= 0.6 is 0 Å². The number of esters is 1. The van der Waals surface area contributed by atoms with Crippen molar-refractivity contribution in [3.8, 4) is 0 Å². The van der Waals surface area contributed by atoms with Crippen LogP contribution in [0.4, 0.5) is 5.69 Å². The Morgan fingerprint density at radius 2 is 1.76 bits per heavy atom. The van der Waals surface area contributed by atoms with E-state index in [0.29, 0.717) is 11.3 Å². The third-order valence-electron chi connectivity index (χ3n) is 6.22. The van der Waals surface area contributed by atoms with Crippen LogP contribution < -0.4 is 5.32 Å². The van der Waals surface area contributed by atoms with Crippen LogP contribution in [0.2, 0.25) is 0 Å². The molecule has 4 rings (SSSR count). The second-order valence-electron chi connectivity index (χ2n) is 7.99. The fraction of sp³-hybridized carbons (Fsp3) is 0.476. The largest absolute Gasteiger partial charge is 0.454 e. The normalized spacial score (nSPS) is 27.1. The van der Waals surface area contributed by atoms with E-state index < -0.39 is 25.0 Å². The minimum atomic E-state index is -0.799. The molecule has 4 atom stereocenters. The van der Waals surface area contributed by atoms with E-state index in [1.165, 1.54) is 13.0 Å². The zero-order valence-corrected chi connectivity index (χ0v) is 16.1. The zero-order chi connectivity index (χ0) is 20.7. The lowest BCUT2D eigenvalue weighted by Gasteiger charge is -2.19. The number of amides is 3. The Morgan fingerprint density at radius 3 is 2.38 bits per heavy atom. The number of rotatable bonds is 6. The first-order valence-corrected chi connectivity index (χ1v) is 9.77. The first-order valence-electron chi connectivity index (χ1n) is 9.77. The van der Waals surface area contributed by atoms with Gasteiger partial charge in [-0.2, -0.15) is 0 Å². The minimum absolute atomic E-state index is 0.134. The third kappa shape index (κ3) is 3.54. The van der Waals surface area contributed by atoms with Gasteiger partial charge in [-0.05, 0) is 50.2 Å². The van der Waals surface area contributed by atoms with E-state index in [1.807, 2.05) is 0 Å². The van der Waals surface area contributed by atoms with Gasteiger partial charge in [-0.25, -0.2) is 0 Å². The summed E-state index contributed by atoms with van der Waals surface area (Å²) in [6, 6.07) is 6.40. The summed E-state index contributed by atoms with van der Waals surface area (Å²) in [6.07, 6.45) is 2.86. The highest BCUT2D eigenvalue weighted by Crippen LogP contribution is 2.56. The Kier molecular flexibility index (Phi) is 4.94. The molecule has 3 amide bonds. The molecular formula is C21H22N2O6. The lowest BCUT2D eigenvalue weighted by atomic mass is 9.81. The van der Waals surface area contributed by atoms with E-state index in [2.05, 4.69) is 5.32 Å². The van der Waals surface area contributed by atoms with Crippen molar-refractivity contribution in [1.82, 2.24) is 4.90 Å². The fourth-order valence-corrected chi connectivity index (χ4v) is 4.96. The third-order valence-corrected chi connectivity index (χ3v) is 6.22. The van der Waals surface area contributed by atoms with Crippen molar-refractivity contribution in [2.75, 3.05) is 18.5 Å². The highest BCUT2D eigenvalue weighted by Gasteiger charge is 2.61. The summed E-state index contributed by atoms with van der Waals surface area (Å²) < 4.78 is 4.94. The molecule has 0 spiro atoms. The molecule has 1 N–H and O–H groups in total. The maximum absolute atomic E-state index is 12.6. The Hall–Kier alpha value is -3.03. The van der Waals surface area contributed by atoms with Crippen molar-refractivity contribution in [1.29, 1.82) is 0 Å². The summed E-state index contributed by atoms with van der Waals surface area (Å²) in [5.74, 6) is -2.15. The number of benzene rings is 1. The smallest absolute Gasteiger partial charge is 0.326 e. The van der Waals surface area contributed by atoms with Crippen LogP contribution in [0.15, 0.2) is 24.3 Å². The summed E-state index contributed by atoms with van der Waals surface area (Å²) in [4.78, 5) is 61.6. The van der Waals surface area contributed by atoms with Gasteiger partial charge in [0.15, 0.2) is 12.4 Å². The highest BCUT2D eigenvalue weighted by atomic mass is 16.5. The summed E-state index contributed by atoms with van der Waals surface area (Å²) in [5.41, 5.74) is 0.859. The van der Waals surface area contributed by atoms with Crippen LogP contribution in [-0.4, -0.2) is 47.5 Å². The molecule has 1 saturated heterocycles. The molecule has 0 radical (unpaired) electrons. The van der Waals surface area contributed by atoms with Crippen LogP contribution in [0.3, 0.4) is 0 Å². The van der Waals surface area contributed by atoms with E-state index in [1.54, 1.807) is 18.2 Å². The molecule has 2 saturated carbocycles. The molecule has 8 heteroatoms. The van der Waals surface area contributed by atoms with Crippen molar-refractivity contribution in [2.24, 2.45) is 23.7 Å². The average Bonchev–Trinajstić information content (AvgIpc) is 3.37. The number of hydrogen-bond acceptors (Lipinski definition) is 6. The lowest BCUT2D eigenvalue weighted by molar-refractivity contribution is -0.154. The number of Topliss-reactive ketones (excluding diaryl/α,β-unsaturated/α-hetero) is 1. The molecule has 2 aliphatic carbocycles. The van der Waals surface area contributed by atoms with Crippen LogP contribution in [0.25, 0.3) is 0 Å². The van der Waals surface area contributed by atoms with Gasteiger partial charge in [0.2, 0.25) is 11.8 Å². The lowest BCUT2D eigenvalue weighted by Crippen LogP contribution is -2.38. The predicted octanol–water partition coefficient (Wildman–Crippen LogP) is 1.40. The standard InChI is InChI=1S/C21H22N2O6/c1-11(24)12-3-2-4-15(8-12)22-16(25)10-29-17(26)9-23-20(27)18-13-5-6-14(7-13)19(18)21(23)28/h2-4,8,13-14,18-19H,5-7,9-10H2,1H3,(H,22,25)/t13-,14+,18-,19-/m0/s1. The molecule has 152 valence electrons. The Morgan fingerprint density at radius 1 is 1.10 bits per heavy atom. The molecule has 8 nitrogen and oxygen atoms in total. The monoisotopic (exact) mass is 398 g/mol. The van der Waals surface area contributed by atoms with Gasteiger partial charge in [-0.3, -0.25) is 28.9 Å². The number of fused-ring (bicyclic) bond motifs is 5. The molecule has 1 aromatic rings. The maximum Gasteiger partial charge on any atom is 0.326 e. The van der Waals surface area contributed by atoms with Crippen molar-refractivity contribution in [2.45, 2.75) is 26.2 Å². The van der Waals surface area contributed by atoms with Crippen LogP contribution in [-0.2, 0) is 23.9 Å². The number of imide groups is 1. The van der Waals surface area contributed by atoms with E-state index in [-0.39, 0.29) is 41.3 Å². The topological polar surface area (TPSA) is 110 Å². The van der Waals surface area contributed by atoms with Gasteiger partial charge < -0.3 is 10.1 Å². The fourth-order valence-electron chi connectivity index (χ4n) is 4.96. The van der Waals surface area contributed by atoms with Crippen LogP contribution in [0.1, 0.15) is 36.5 Å².